The molecule has 0 atom stereocenters. The maximum absolute atomic E-state index is 2.34. The summed E-state index contributed by atoms with van der Waals surface area (Å²) in [6.07, 6.45) is 0. The molecule has 0 unspecified atom stereocenters. The summed E-state index contributed by atoms with van der Waals surface area (Å²) < 4.78 is 0. The van der Waals surface area contributed by atoms with Crippen molar-refractivity contribution in [1.82, 2.24) is 0 Å². The Morgan fingerprint density at radius 1 is 0.486 bits per heavy atom. The summed E-state index contributed by atoms with van der Waals surface area (Å²) in [5.41, 5.74) is 8.55. The van der Waals surface area contributed by atoms with Crippen molar-refractivity contribution in [2.45, 2.75) is 33.4 Å². The van der Waals surface area contributed by atoms with Crippen LogP contribution in [0.5, 0.6) is 0 Å². The number of hydrogen-bond acceptors (Lipinski definition) is 3. The van der Waals surface area contributed by atoms with Crippen LogP contribution in [0.2, 0.25) is 0 Å². The lowest BCUT2D eigenvalue weighted by Crippen LogP contribution is -2.09. The molecule has 0 spiro atoms. The van der Waals surface area contributed by atoms with Gasteiger partial charge in [0.1, 0.15) is 0 Å². The van der Waals surface area contributed by atoms with E-state index < -0.39 is 0 Å². The van der Waals surface area contributed by atoms with Crippen LogP contribution in [0, 0.1) is 13.8 Å². The van der Waals surface area contributed by atoms with Crippen LogP contribution in [0.4, 0.5) is 17.1 Å². The number of fused-ring (bicyclic) bond motifs is 2. The zero-order valence-corrected chi connectivity index (χ0v) is 21.4. The van der Waals surface area contributed by atoms with Crippen molar-refractivity contribution in [3.05, 3.63) is 126 Å². The molecular weight excluding hydrogens is 462 g/mol. The first-order chi connectivity index (χ1) is 17.2. The Morgan fingerprint density at radius 2 is 1.14 bits per heavy atom. The molecule has 0 saturated carbocycles. The highest BCUT2D eigenvalue weighted by atomic mass is 32.2. The van der Waals surface area contributed by atoms with Gasteiger partial charge in [0.05, 0.1) is 0 Å². The molecule has 0 aromatic heterocycles. The SMILES string of the molecule is Cc1ccc(N(c2ccccc2)c2ccc(-c3ccc4c(c3)Sc3c(C)cccc3S4)cc2)cc1. The highest BCUT2D eigenvalue weighted by Gasteiger charge is 2.19. The zero-order valence-electron chi connectivity index (χ0n) is 19.7. The average Bonchev–Trinajstić information content (AvgIpc) is 2.90. The quantitative estimate of drug-likeness (QED) is 0.243. The van der Waals surface area contributed by atoms with Crippen LogP contribution in [-0.2, 0) is 0 Å². The minimum absolute atomic E-state index is 1.15. The molecule has 0 bridgehead atoms. The Balaban J connectivity index is 1.34. The lowest BCUT2D eigenvalue weighted by atomic mass is 10.0. The van der Waals surface area contributed by atoms with E-state index in [2.05, 4.69) is 134 Å². The molecule has 0 aliphatic carbocycles. The molecule has 1 aliphatic heterocycles. The molecule has 1 nitrogen and oxygen atoms in total. The van der Waals surface area contributed by atoms with Gasteiger partial charge >= 0.3 is 0 Å². The van der Waals surface area contributed by atoms with Crippen LogP contribution < -0.4 is 4.90 Å². The number of benzene rings is 5. The van der Waals surface area contributed by atoms with E-state index in [-0.39, 0.29) is 0 Å². The smallest absolute Gasteiger partial charge is 0.0462 e. The summed E-state index contributed by atoms with van der Waals surface area (Å²) in [6.45, 7) is 4.33. The van der Waals surface area contributed by atoms with E-state index in [9.17, 15) is 0 Å². The summed E-state index contributed by atoms with van der Waals surface area (Å²) in [5, 5.41) is 0. The fraction of sp³-hybridized carbons (Fsp3) is 0.0625. The van der Waals surface area contributed by atoms with Gasteiger partial charge < -0.3 is 4.90 Å². The molecular formula is C32H25NS2. The summed E-state index contributed by atoms with van der Waals surface area (Å²) in [4.78, 5) is 7.72. The maximum atomic E-state index is 2.34. The number of aryl methyl sites for hydroxylation is 2. The lowest BCUT2D eigenvalue weighted by molar-refractivity contribution is 1.12. The second-order valence-electron chi connectivity index (χ2n) is 8.82. The van der Waals surface area contributed by atoms with E-state index >= 15 is 0 Å². The third-order valence-corrected chi connectivity index (χ3v) is 9.01. The molecule has 0 saturated heterocycles. The maximum Gasteiger partial charge on any atom is 0.0462 e. The average molecular weight is 488 g/mol. The monoisotopic (exact) mass is 487 g/mol. The third-order valence-electron chi connectivity index (χ3n) is 6.32. The fourth-order valence-electron chi connectivity index (χ4n) is 4.44. The largest absolute Gasteiger partial charge is 0.311 e. The van der Waals surface area contributed by atoms with E-state index in [0.29, 0.717) is 0 Å². The first-order valence-corrected chi connectivity index (χ1v) is 13.4. The van der Waals surface area contributed by atoms with Crippen molar-refractivity contribution in [1.29, 1.82) is 0 Å². The zero-order chi connectivity index (χ0) is 23.8. The molecule has 5 aromatic carbocycles. The van der Waals surface area contributed by atoms with E-state index in [1.165, 1.54) is 41.8 Å². The van der Waals surface area contributed by atoms with Crippen molar-refractivity contribution in [3.8, 4) is 11.1 Å². The first kappa shape index (κ1) is 22.1. The van der Waals surface area contributed by atoms with E-state index in [0.717, 1.165) is 17.1 Å². The highest BCUT2D eigenvalue weighted by molar-refractivity contribution is 8.05. The third kappa shape index (κ3) is 4.38. The van der Waals surface area contributed by atoms with Crippen LogP contribution in [0.25, 0.3) is 11.1 Å². The Labute approximate surface area is 215 Å². The number of anilines is 3. The molecule has 0 N–H and O–H groups in total. The van der Waals surface area contributed by atoms with Gasteiger partial charge in [0.2, 0.25) is 0 Å². The van der Waals surface area contributed by atoms with Crippen LogP contribution in [0.15, 0.2) is 135 Å². The highest BCUT2D eigenvalue weighted by Crippen LogP contribution is 2.50. The van der Waals surface area contributed by atoms with E-state index in [1.807, 2.05) is 23.5 Å². The molecule has 6 rings (SSSR count). The molecule has 0 radical (unpaired) electrons. The molecule has 35 heavy (non-hydrogen) atoms. The lowest BCUT2D eigenvalue weighted by Gasteiger charge is -2.26. The van der Waals surface area contributed by atoms with Crippen molar-refractivity contribution >= 4 is 40.6 Å². The van der Waals surface area contributed by atoms with Gasteiger partial charge in [0.25, 0.3) is 0 Å². The van der Waals surface area contributed by atoms with Crippen molar-refractivity contribution in [2.24, 2.45) is 0 Å². The van der Waals surface area contributed by atoms with Gasteiger partial charge in [-0.15, -0.1) is 0 Å². The van der Waals surface area contributed by atoms with Gasteiger partial charge in [0.15, 0.2) is 0 Å². The van der Waals surface area contributed by atoms with Gasteiger partial charge in [-0.3, -0.25) is 0 Å². The number of nitrogens with zero attached hydrogens (tertiary/aromatic N) is 1. The normalized spacial score (nSPS) is 12.1. The van der Waals surface area contributed by atoms with Gasteiger partial charge in [-0.25, -0.2) is 0 Å². The van der Waals surface area contributed by atoms with Crippen LogP contribution in [-0.4, -0.2) is 0 Å². The van der Waals surface area contributed by atoms with E-state index in [1.54, 1.807) is 0 Å². The predicted molar refractivity (Wildman–Crippen MR) is 151 cm³/mol. The van der Waals surface area contributed by atoms with E-state index in [4.69, 9.17) is 0 Å². The number of rotatable bonds is 4. The second-order valence-corrected chi connectivity index (χ2v) is 11.0. The molecule has 5 aromatic rings. The summed E-state index contributed by atoms with van der Waals surface area (Å²) in [6, 6.07) is 41.6. The van der Waals surface area contributed by atoms with Gasteiger partial charge in [-0.1, -0.05) is 89.8 Å². The minimum Gasteiger partial charge on any atom is -0.311 e. The molecule has 1 heterocycles. The molecule has 1 aliphatic rings. The summed E-state index contributed by atoms with van der Waals surface area (Å²) >= 11 is 3.77. The van der Waals surface area contributed by atoms with Crippen molar-refractivity contribution in [3.63, 3.8) is 0 Å². The van der Waals surface area contributed by atoms with Crippen LogP contribution in [0.3, 0.4) is 0 Å². The Kier molecular flexibility index (Phi) is 5.89. The second kappa shape index (κ2) is 9.33. The van der Waals surface area contributed by atoms with Gasteiger partial charge in [0, 0.05) is 36.6 Å². The van der Waals surface area contributed by atoms with Crippen LogP contribution in [0.1, 0.15) is 11.1 Å². The minimum atomic E-state index is 1.15. The first-order valence-electron chi connectivity index (χ1n) is 11.8. The molecule has 0 fully saturated rings. The Morgan fingerprint density at radius 3 is 1.89 bits per heavy atom. The fourth-order valence-corrected chi connectivity index (χ4v) is 6.84. The topological polar surface area (TPSA) is 3.24 Å². The standard InChI is InChI=1S/C32H25NS2/c1-22-11-16-27(17-12-22)33(26-8-4-3-5-9-26)28-18-13-24(14-19-28)25-15-20-29-31(21-25)35-32-23(2)7-6-10-30(32)34-29/h3-21H,1-2H3. The number of hydrogen-bond donors (Lipinski definition) is 0. The molecule has 0 amide bonds. The Bertz CT molecular complexity index is 1490. The number of para-hydroxylation sites is 1. The molecule has 170 valence electrons. The summed E-state index contributed by atoms with van der Waals surface area (Å²) in [7, 11) is 0. The predicted octanol–water partition coefficient (Wildman–Crippen LogP) is 10.1. The summed E-state index contributed by atoms with van der Waals surface area (Å²) in [5.74, 6) is 0. The Hall–Kier alpha value is -3.40. The molecule has 3 heteroatoms. The van der Waals surface area contributed by atoms with Gasteiger partial charge in [-0.05, 0) is 85.1 Å². The van der Waals surface area contributed by atoms with Crippen LogP contribution >= 0.6 is 23.5 Å². The van der Waals surface area contributed by atoms with Crippen molar-refractivity contribution < 1.29 is 0 Å². The van der Waals surface area contributed by atoms with Gasteiger partial charge in [-0.2, -0.15) is 0 Å². The van der Waals surface area contributed by atoms with Crippen molar-refractivity contribution in [2.75, 3.05) is 4.90 Å².